The molecule has 0 aliphatic heterocycles. The molecule has 1 aromatic carbocycles. The van der Waals surface area contributed by atoms with Crippen LogP contribution in [0.3, 0.4) is 0 Å². The number of nitrogens with one attached hydrogen (secondary N) is 2. The second-order valence-corrected chi connectivity index (χ2v) is 4.82. The number of aryl methyl sites for hydroxylation is 2. The zero-order valence-electron chi connectivity index (χ0n) is 9.70. The van der Waals surface area contributed by atoms with Crippen molar-refractivity contribution in [1.82, 2.24) is 15.4 Å². The van der Waals surface area contributed by atoms with E-state index in [1.54, 1.807) is 0 Å². The van der Waals surface area contributed by atoms with E-state index in [1.807, 2.05) is 6.07 Å². The third-order valence-corrected chi connectivity index (χ3v) is 3.45. The van der Waals surface area contributed by atoms with Gasteiger partial charge in [-0.05, 0) is 37.1 Å². The number of fused-ring (bicyclic) bond motifs is 1. The van der Waals surface area contributed by atoms with Crippen LogP contribution in [0, 0.1) is 13.8 Å². The van der Waals surface area contributed by atoms with E-state index in [1.165, 1.54) is 22.9 Å². The minimum atomic E-state index is -0.220. The van der Waals surface area contributed by atoms with Crippen molar-refractivity contribution < 1.29 is 4.79 Å². The summed E-state index contributed by atoms with van der Waals surface area (Å²) in [5, 5.41) is 0.730. The van der Waals surface area contributed by atoms with Gasteiger partial charge in [0.2, 0.25) is 5.91 Å². The van der Waals surface area contributed by atoms with Crippen LogP contribution in [0.2, 0.25) is 0 Å². The van der Waals surface area contributed by atoms with Gasteiger partial charge in [-0.25, -0.2) is 10.8 Å². The van der Waals surface area contributed by atoms with E-state index in [-0.39, 0.29) is 11.7 Å². The molecule has 6 heteroatoms. The number of amides is 1. The lowest BCUT2D eigenvalue weighted by atomic mass is 10.1. The second kappa shape index (κ2) is 4.77. The molecule has 0 aliphatic carbocycles. The fourth-order valence-corrected chi connectivity index (χ4v) is 2.19. The van der Waals surface area contributed by atoms with Crippen LogP contribution in [0.15, 0.2) is 17.3 Å². The lowest BCUT2D eigenvalue weighted by Crippen LogP contribution is -2.31. The average Bonchev–Trinajstić information content (AvgIpc) is 2.68. The Morgan fingerprint density at radius 2 is 2.18 bits per heavy atom. The molecular formula is C11H14N4OS. The topological polar surface area (TPSA) is 83.8 Å². The van der Waals surface area contributed by atoms with E-state index in [4.69, 9.17) is 5.84 Å². The van der Waals surface area contributed by atoms with E-state index in [9.17, 15) is 4.79 Å². The number of thioether (sulfide) groups is 1. The summed E-state index contributed by atoms with van der Waals surface area (Å²) >= 11 is 1.33. The monoisotopic (exact) mass is 250 g/mol. The maximum atomic E-state index is 11.0. The van der Waals surface area contributed by atoms with Gasteiger partial charge in [-0.2, -0.15) is 0 Å². The Morgan fingerprint density at radius 1 is 1.47 bits per heavy atom. The first-order valence-corrected chi connectivity index (χ1v) is 6.18. The molecule has 0 unspecified atom stereocenters. The van der Waals surface area contributed by atoms with Crippen LogP contribution in [0.5, 0.6) is 0 Å². The van der Waals surface area contributed by atoms with Gasteiger partial charge >= 0.3 is 0 Å². The maximum Gasteiger partial charge on any atom is 0.244 e. The summed E-state index contributed by atoms with van der Waals surface area (Å²) in [7, 11) is 0. The smallest absolute Gasteiger partial charge is 0.244 e. The van der Waals surface area contributed by atoms with Crippen LogP contribution in [-0.2, 0) is 4.79 Å². The molecule has 1 aromatic heterocycles. The van der Waals surface area contributed by atoms with Gasteiger partial charge in [-0.3, -0.25) is 10.2 Å². The summed E-state index contributed by atoms with van der Waals surface area (Å²) in [6, 6.07) is 4.10. The predicted molar refractivity (Wildman–Crippen MR) is 68.6 cm³/mol. The molecule has 5 nitrogen and oxygen atoms in total. The van der Waals surface area contributed by atoms with Crippen LogP contribution in [0.4, 0.5) is 0 Å². The summed E-state index contributed by atoms with van der Waals surface area (Å²) in [6.45, 7) is 4.11. The van der Waals surface area contributed by atoms with Gasteiger partial charge < -0.3 is 4.98 Å². The maximum absolute atomic E-state index is 11.0. The summed E-state index contributed by atoms with van der Waals surface area (Å²) in [5.74, 6) is 5.05. The van der Waals surface area contributed by atoms with Crippen molar-refractivity contribution in [2.45, 2.75) is 19.0 Å². The van der Waals surface area contributed by atoms with Crippen molar-refractivity contribution in [3.05, 3.63) is 23.3 Å². The number of hydrogen-bond donors (Lipinski definition) is 3. The van der Waals surface area contributed by atoms with Crippen molar-refractivity contribution in [2.24, 2.45) is 5.84 Å². The molecule has 0 spiro atoms. The number of imidazole rings is 1. The van der Waals surface area contributed by atoms with Gasteiger partial charge in [0.15, 0.2) is 5.16 Å². The number of carbonyl (C=O) groups is 1. The standard InChI is InChI=1S/C11H14N4OS/c1-6-3-8-9(4-7(6)2)14-11(13-8)17-5-10(16)15-12/h3-4H,5,12H2,1-2H3,(H,13,14)(H,15,16). The number of carbonyl (C=O) groups excluding carboxylic acids is 1. The molecule has 0 radical (unpaired) electrons. The van der Waals surface area contributed by atoms with E-state index in [0.29, 0.717) is 0 Å². The minimum Gasteiger partial charge on any atom is -0.333 e. The molecular weight excluding hydrogens is 236 g/mol. The molecule has 2 aromatic rings. The van der Waals surface area contributed by atoms with Crippen molar-refractivity contribution in [3.63, 3.8) is 0 Å². The third kappa shape index (κ3) is 2.59. The van der Waals surface area contributed by atoms with Crippen molar-refractivity contribution in [1.29, 1.82) is 0 Å². The number of aromatic nitrogens is 2. The molecule has 2 rings (SSSR count). The zero-order chi connectivity index (χ0) is 12.4. The SMILES string of the molecule is Cc1cc2nc(SCC(=O)NN)[nH]c2cc1C. The molecule has 17 heavy (non-hydrogen) atoms. The Hall–Kier alpha value is -1.53. The molecule has 1 heterocycles. The normalized spacial score (nSPS) is 10.8. The lowest BCUT2D eigenvalue weighted by Gasteiger charge is -1.97. The molecule has 0 bridgehead atoms. The van der Waals surface area contributed by atoms with Gasteiger partial charge in [-0.1, -0.05) is 11.8 Å². The predicted octanol–water partition coefficient (Wildman–Crippen LogP) is 1.26. The van der Waals surface area contributed by atoms with E-state index >= 15 is 0 Å². The highest BCUT2D eigenvalue weighted by Crippen LogP contribution is 2.21. The first kappa shape index (κ1) is 11.9. The average molecular weight is 250 g/mol. The van der Waals surface area contributed by atoms with Crippen LogP contribution < -0.4 is 11.3 Å². The molecule has 4 N–H and O–H groups in total. The minimum absolute atomic E-state index is 0.220. The lowest BCUT2D eigenvalue weighted by molar-refractivity contribution is -0.118. The number of hydrazine groups is 1. The van der Waals surface area contributed by atoms with E-state index in [2.05, 4.69) is 35.3 Å². The summed E-state index contributed by atoms with van der Waals surface area (Å²) < 4.78 is 0. The number of benzene rings is 1. The molecule has 1 amide bonds. The second-order valence-electron chi connectivity index (χ2n) is 3.85. The molecule has 0 saturated carbocycles. The fourth-order valence-electron chi connectivity index (χ4n) is 1.49. The first-order valence-electron chi connectivity index (χ1n) is 5.19. The van der Waals surface area contributed by atoms with Crippen LogP contribution in [0.25, 0.3) is 11.0 Å². The van der Waals surface area contributed by atoms with Crippen LogP contribution in [0.1, 0.15) is 11.1 Å². The number of aromatic amines is 1. The molecule has 90 valence electrons. The highest BCUT2D eigenvalue weighted by atomic mass is 32.2. The van der Waals surface area contributed by atoms with Gasteiger partial charge in [0.1, 0.15) is 0 Å². The van der Waals surface area contributed by atoms with Gasteiger partial charge in [0.25, 0.3) is 0 Å². The van der Waals surface area contributed by atoms with E-state index in [0.717, 1.165) is 16.2 Å². The fraction of sp³-hybridized carbons (Fsp3) is 0.273. The van der Waals surface area contributed by atoms with Crippen molar-refractivity contribution >= 4 is 28.7 Å². The third-order valence-electron chi connectivity index (χ3n) is 2.58. The Kier molecular flexibility index (Phi) is 3.35. The quantitative estimate of drug-likeness (QED) is 0.331. The van der Waals surface area contributed by atoms with Gasteiger partial charge in [0.05, 0.1) is 16.8 Å². The molecule has 0 saturated heterocycles. The van der Waals surface area contributed by atoms with Crippen LogP contribution in [-0.4, -0.2) is 21.6 Å². The largest absolute Gasteiger partial charge is 0.333 e. The number of hydrogen-bond acceptors (Lipinski definition) is 4. The molecule has 0 aliphatic rings. The summed E-state index contributed by atoms with van der Waals surface area (Å²) in [6.07, 6.45) is 0. The Morgan fingerprint density at radius 3 is 2.88 bits per heavy atom. The van der Waals surface area contributed by atoms with Crippen molar-refractivity contribution in [2.75, 3.05) is 5.75 Å². The number of nitrogens with zero attached hydrogens (tertiary/aromatic N) is 1. The highest BCUT2D eigenvalue weighted by molar-refractivity contribution is 7.99. The molecule has 0 fully saturated rings. The zero-order valence-corrected chi connectivity index (χ0v) is 10.5. The van der Waals surface area contributed by atoms with Gasteiger partial charge in [-0.15, -0.1) is 0 Å². The molecule has 0 atom stereocenters. The van der Waals surface area contributed by atoms with E-state index < -0.39 is 0 Å². The Balaban J connectivity index is 2.23. The number of rotatable bonds is 3. The first-order chi connectivity index (χ1) is 8.10. The number of H-pyrrole nitrogens is 1. The Labute approximate surface area is 103 Å². The van der Waals surface area contributed by atoms with Gasteiger partial charge in [0, 0.05) is 0 Å². The number of nitrogens with two attached hydrogens (primary N) is 1. The van der Waals surface area contributed by atoms with Crippen molar-refractivity contribution in [3.8, 4) is 0 Å². The summed E-state index contributed by atoms with van der Waals surface area (Å²) in [4.78, 5) is 18.6. The van der Waals surface area contributed by atoms with Crippen LogP contribution >= 0.6 is 11.8 Å². The Bertz CT molecular complexity index is 525. The summed E-state index contributed by atoms with van der Waals surface area (Å²) in [5.41, 5.74) is 6.42. The highest BCUT2D eigenvalue weighted by Gasteiger charge is 2.07.